The van der Waals surface area contributed by atoms with Crippen molar-refractivity contribution in [3.63, 3.8) is 0 Å². The van der Waals surface area contributed by atoms with Crippen LogP contribution in [0.5, 0.6) is 5.75 Å². The second-order valence-corrected chi connectivity index (χ2v) is 13.1. The molecule has 4 rings (SSSR count). The molecule has 2 unspecified atom stereocenters. The molecule has 1 heterocycles. The molecule has 1 saturated heterocycles. The van der Waals surface area contributed by atoms with Gasteiger partial charge in [0.15, 0.2) is 18.5 Å². The van der Waals surface area contributed by atoms with Gasteiger partial charge in [-0.15, -0.1) is 0 Å². The lowest BCUT2D eigenvalue weighted by molar-refractivity contribution is -0.163. The Labute approximate surface area is 276 Å². The number of esters is 2. The van der Waals surface area contributed by atoms with Gasteiger partial charge in [0.1, 0.15) is 5.75 Å². The van der Waals surface area contributed by atoms with E-state index in [2.05, 4.69) is 19.1 Å². The fourth-order valence-corrected chi connectivity index (χ4v) is 6.65. The molecule has 2 aromatic carbocycles. The minimum atomic E-state index is -1.17. The molecular formula is C39H56O7. The van der Waals surface area contributed by atoms with Crippen molar-refractivity contribution in [1.29, 1.82) is 0 Å². The molecule has 2 aliphatic rings. The first-order chi connectivity index (χ1) is 22.5. The molecule has 0 aromatic heterocycles. The number of unbranched alkanes of at least 4 members (excludes halogenated alkanes) is 4. The lowest BCUT2D eigenvalue weighted by Gasteiger charge is -2.38. The Morgan fingerprint density at radius 3 is 1.72 bits per heavy atom. The molecule has 2 atom stereocenters. The highest BCUT2D eigenvalue weighted by atomic mass is 16.8. The maximum atomic E-state index is 12.8. The van der Waals surface area contributed by atoms with Gasteiger partial charge in [-0.3, -0.25) is 0 Å². The molecule has 0 radical (unpaired) electrons. The van der Waals surface area contributed by atoms with E-state index in [-0.39, 0.29) is 13.2 Å². The molecule has 0 N–H and O–H groups in total. The molecule has 1 aliphatic carbocycles. The molecule has 7 nitrogen and oxygen atoms in total. The SMILES string of the molecule is CCCCCC1(CCCOc2ccc(-c3ccc(C4OC(C(=O)OCCCC)C(C(=O)OCCCC)O4)cc3)cc2)CCCCC1. The summed E-state index contributed by atoms with van der Waals surface area (Å²) in [6, 6.07) is 16.0. The third kappa shape index (κ3) is 10.6. The van der Waals surface area contributed by atoms with Gasteiger partial charge in [-0.1, -0.05) is 109 Å². The summed E-state index contributed by atoms with van der Waals surface area (Å²) in [6.07, 6.45) is 14.8. The van der Waals surface area contributed by atoms with E-state index >= 15 is 0 Å². The number of benzene rings is 2. The minimum Gasteiger partial charge on any atom is -0.494 e. The normalized spacial score (nSPS) is 20.7. The van der Waals surface area contributed by atoms with Crippen molar-refractivity contribution in [2.24, 2.45) is 5.41 Å². The van der Waals surface area contributed by atoms with Crippen molar-refractivity contribution in [2.45, 2.75) is 136 Å². The number of carbonyl (C=O) groups is 2. The van der Waals surface area contributed by atoms with Crippen LogP contribution in [-0.4, -0.2) is 44.0 Å². The van der Waals surface area contributed by atoms with Crippen LogP contribution in [0.4, 0.5) is 0 Å². The second kappa shape index (κ2) is 19.0. The highest BCUT2D eigenvalue weighted by molar-refractivity contribution is 5.86. The number of carbonyl (C=O) groups excluding carboxylic acids is 2. The monoisotopic (exact) mass is 636 g/mol. The average Bonchev–Trinajstić information content (AvgIpc) is 3.54. The van der Waals surface area contributed by atoms with Crippen LogP contribution in [0, 0.1) is 5.41 Å². The first-order valence-electron chi connectivity index (χ1n) is 18.0. The number of hydrogen-bond acceptors (Lipinski definition) is 7. The van der Waals surface area contributed by atoms with Crippen molar-refractivity contribution >= 4 is 11.9 Å². The number of rotatable bonds is 19. The van der Waals surface area contributed by atoms with Gasteiger partial charge >= 0.3 is 11.9 Å². The molecule has 0 bridgehead atoms. The summed E-state index contributed by atoms with van der Waals surface area (Å²) < 4.78 is 28.8. The predicted molar refractivity (Wildman–Crippen MR) is 180 cm³/mol. The summed E-state index contributed by atoms with van der Waals surface area (Å²) in [6.45, 7) is 7.62. The van der Waals surface area contributed by atoms with Crippen molar-refractivity contribution < 1.29 is 33.3 Å². The van der Waals surface area contributed by atoms with Crippen LogP contribution < -0.4 is 4.74 Å². The number of hydrogen-bond donors (Lipinski definition) is 0. The van der Waals surface area contributed by atoms with Gasteiger partial charge < -0.3 is 23.7 Å². The fraction of sp³-hybridized carbons (Fsp3) is 0.641. The van der Waals surface area contributed by atoms with Gasteiger partial charge in [-0.2, -0.15) is 0 Å². The van der Waals surface area contributed by atoms with Crippen molar-refractivity contribution in [2.75, 3.05) is 19.8 Å². The quantitative estimate of drug-likeness (QED) is 0.112. The third-order valence-corrected chi connectivity index (χ3v) is 9.48. The molecule has 1 saturated carbocycles. The maximum Gasteiger partial charge on any atom is 0.338 e. The van der Waals surface area contributed by atoms with E-state index in [4.69, 9.17) is 23.7 Å². The van der Waals surface area contributed by atoms with Crippen LogP contribution >= 0.6 is 0 Å². The molecule has 7 heteroatoms. The van der Waals surface area contributed by atoms with Crippen LogP contribution in [0.1, 0.15) is 129 Å². The van der Waals surface area contributed by atoms with E-state index in [0.29, 0.717) is 11.0 Å². The smallest absolute Gasteiger partial charge is 0.338 e. The summed E-state index contributed by atoms with van der Waals surface area (Å²) in [7, 11) is 0. The largest absolute Gasteiger partial charge is 0.494 e. The Morgan fingerprint density at radius 2 is 1.17 bits per heavy atom. The van der Waals surface area contributed by atoms with Crippen LogP contribution in [0.3, 0.4) is 0 Å². The Kier molecular flexibility index (Phi) is 14.9. The predicted octanol–water partition coefficient (Wildman–Crippen LogP) is 9.51. The molecule has 0 amide bonds. The summed E-state index contributed by atoms with van der Waals surface area (Å²) in [5.41, 5.74) is 3.35. The summed E-state index contributed by atoms with van der Waals surface area (Å²) >= 11 is 0. The van der Waals surface area contributed by atoms with Gasteiger partial charge in [-0.25, -0.2) is 9.59 Å². The molecule has 2 fully saturated rings. The zero-order valence-electron chi connectivity index (χ0n) is 28.4. The van der Waals surface area contributed by atoms with E-state index in [1.54, 1.807) is 0 Å². The van der Waals surface area contributed by atoms with E-state index in [1.165, 1.54) is 64.2 Å². The zero-order chi connectivity index (χ0) is 32.6. The topological polar surface area (TPSA) is 80.3 Å². The summed E-state index contributed by atoms with van der Waals surface area (Å²) in [5.74, 6) is -0.314. The van der Waals surface area contributed by atoms with Crippen LogP contribution in [0.25, 0.3) is 11.1 Å². The molecule has 1 aliphatic heterocycles. The van der Waals surface area contributed by atoms with E-state index in [9.17, 15) is 9.59 Å². The number of ether oxygens (including phenoxy) is 5. The van der Waals surface area contributed by atoms with Crippen molar-refractivity contribution in [3.8, 4) is 16.9 Å². The van der Waals surface area contributed by atoms with Crippen LogP contribution in [0.2, 0.25) is 0 Å². The van der Waals surface area contributed by atoms with Crippen LogP contribution in [0.15, 0.2) is 48.5 Å². The third-order valence-electron chi connectivity index (χ3n) is 9.48. The molecule has 254 valence electrons. The standard InChI is InChI=1S/C39H56O7/c1-4-7-11-23-39(24-12-10-13-25-39)26-14-29-42-33-21-19-31(20-22-33)30-15-17-32(18-16-30)38-45-34(36(40)43-27-8-5-2)35(46-38)37(41)44-28-9-6-3/h15-22,34-35,38H,4-14,23-29H2,1-3H3. The Morgan fingerprint density at radius 1 is 0.652 bits per heavy atom. The molecular weight excluding hydrogens is 580 g/mol. The molecule has 0 spiro atoms. The van der Waals surface area contributed by atoms with Crippen molar-refractivity contribution in [3.05, 3.63) is 54.1 Å². The zero-order valence-corrected chi connectivity index (χ0v) is 28.4. The minimum absolute atomic E-state index is 0.274. The van der Waals surface area contributed by atoms with Gasteiger partial charge in [0.05, 0.1) is 19.8 Å². The summed E-state index contributed by atoms with van der Waals surface area (Å²) in [5, 5.41) is 0. The van der Waals surface area contributed by atoms with Gasteiger partial charge in [0.25, 0.3) is 0 Å². The summed E-state index contributed by atoms with van der Waals surface area (Å²) in [4.78, 5) is 25.6. The van der Waals surface area contributed by atoms with E-state index < -0.39 is 30.4 Å². The van der Waals surface area contributed by atoms with Crippen LogP contribution in [-0.2, 0) is 28.5 Å². The highest BCUT2D eigenvalue weighted by Gasteiger charge is 2.47. The highest BCUT2D eigenvalue weighted by Crippen LogP contribution is 2.44. The Balaban J connectivity index is 1.30. The van der Waals surface area contributed by atoms with E-state index in [0.717, 1.165) is 55.6 Å². The first kappa shape index (κ1) is 35.9. The average molecular weight is 637 g/mol. The molecule has 2 aromatic rings. The van der Waals surface area contributed by atoms with Gasteiger partial charge in [-0.05, 0) is 73.6 Å². The lowest BCUT2D eigenvalue weighted by atomic mass is 9.68. The van der Waals surface area contributed by atoms with E-state index in [1.807, 2.05) is 50.2 Å². The first-order valence-corrected chi connectivity index (χ1v) is 18.0. The second-order valence-electron chi connectivity index (χ2n) is 13.1. The maximum absolute atomic E-state index is 12.8. The Hall–Kier alpha value is -2.90. The lowest BCUT2D eigenvalue weighted by Crippen LogP contribution is -2.39. The fourth-order valence-electron chi connectivity index (χ4n) is 6.65. The van der Waals surface area contributed by atoms with Gasteiger partial charge in [0.2, 0.25) is 0 Å². The molecule has 46 heavy (non-hydrogen) atoms. The van der Waals surface area contributed by atoms with Gasteiger partial charge in [0, 0.05) is 5.56 Å². The Bertz CT molecular complexity index is 1140. The van der Waals surface area contributed by atoms with Crippen molar-refractivity contribution in [1.82, 2.24) is 0 Å².